The Hall–Kier alpha value is -6.64. The minimum Gasteiger partial charge on any atom is -0.344 e. The quantitative estimate of drug-likeness (QED) is 0.131. The van der Waals surface area contributed by atoms with Crippen molar-refractivity contribution >= 4 is 82.3 Å². The van der Waals surface area contributed by atoms with E-state index in [1.54, 1.807) is 0 Å². The molecule has 51 heavy (non-hydrogen) atoms. The van der Waals surface area contributed by atoms with Gasteiger partial charge in [-0.15, -0.1) is 0 Å². The number of hydrogen-bond donors (Lipinski definition) is 0. The fraction of sp³-hybridized carbons (Fsp3) is 0.0204. The minimum atomic E-state index is 1.11. The molecule has 10 aromatic rings. The van der Waals surface area contributed by atoms with Gasteiger partial charge in [0.15, 0.2) is 0 Å². The van der Waals surface area contributed by atoms with Crippen LogP contribution in [0.25, 0.3) is 65.0 Å². The third-order valence-electron chi connectivity index (χ3n) is 10.6. The average molecular weight is 651 g/mol. The van der Waals surface area contributed by atoms with E-state index in [1.807, 2.05) is 0 Å². The van der Waals surface area contributed by atoms with E-state index in [2.05, 4.69) is 205 Å². The van der Waals surface area contributed by atoms with E-state index in [0.717, 1.165) is 22.7 Å². The second-order valence-corrected chi connectivity index (χ2v) is 13.4. The molecule has 0 aromatic heterocycles. The van der Waals surface area contributed by atoms with Crippen LogP contribution in [-0.2, 0) is 0 Å². The number of hydrogen-bond acceptors (Lipinski definition) is 2. The predicted molar refractivity (Wildman–Crippen MR) is 220 cm³/mol. The van der Waals surface area contributed by atoms with Crippen LogP contribution < -0.4 is 9.80 Å². The maximum absolute atomic E-state index is 2.39. The highest BCUT2D eigenvalue weighted by Gasteiger charge is 2.19. The van der Waals surface area contributed by atoms with Crippen molar-refractivity contribution in [2.45, 2.75) is 0 Å². The fourth-order valence-electron chi connectivity index (χ4n) is 8.17. The van der Waals surface area contributed by atoms with Crippen LogP contribution in [0.1, 0.15) is 0 Å². The Morgan fingerprint density at radius 2 is 0.863 bits per heavy atom. The van der Waals surface area contributed by atoms with Gasteiger partial charge >= 0.3 is 0 Å². The largest absolute Gasteiger partial charge is 0.344 e. The lowest BCUT2D eigenvalue weighted by Crippen LogP contribution is -2.12. The molecule has 0 unspecified atom stereocenters. The van der Waals surface area contributed by atoms with Gasteiger partial charge in [-0.2, -0.15) is 0 Å². The Morgan fingerprint density at radius 3 is 1.67 bits per heavy atom. The topological polar surface area (TPSA) is 6.48 Å². The van der Waals surface area contributed by atoms with Gasteiger partial charge in [-0.05, 0) is 103 Å². The second-order valence-electron chi connectivity index (χ2n) is 13.4. The summed E-state index contributed by atoms with van der Waals surface area (Å²) in [5, 5.41) is 12.9. The Labute approximate surface area is 297 Å². The standard InChI is InChI=1S/C49H34N2/c1-50(46-31-30-44-42-22-9-17-35-16-8-21-41(48(35)42)43-23-11-24-45(46)49(43)44)37-26-28-38(29-27-37)51(47-25-10-15-34-14-5-6-20-40(34)47)39-19-7-18-36(32-39)33-12-3-2-4-13-33/h2-32H,1H3. The highest BCUT2D eigenvalue weighted by Crippen LogP contribution is 2.45. The van der Waals surface area contributed by atoms with Crippen molar-refractivity contribution in [2.24, 2.45) is 0 Å². The summed E-state index contributed by atoms with van der Waals surface area (Å²) in [6.45, 7) is 0. The Bertz CT molecular complexity index is 2820. The molecule has 0 saturated carbocycles. The lowest BCUT2D eigenvalue weighted by molar-refractivity contribution is 1.21. The van der Waals surface area contributed by atoms with Crippen molar-refractivity contribution in [3.05, 3.63) is 188 Å². The maximum Gasteiger partial charge on any atom is 0.0540 e. The van der Waals surface area contributed by atoms with Crippen LogP contribution in [0.2, 0.25) is 0 Å². The molecule has 10 rings (SSSR count). The summed E-state index contributed by atoms with van der Waals surface area (Å²) in [5.41, 5.74) is 8.10. The zero-order valence-corrected chi connectivity index (χ0v) is 28.3. The highest BCUT2D eigenvalue weighted by molar-refractivity contribution is 6.34. The normalized spacial score (nSPS) is 11.6. The summed E-state index contributed by atoms with van der Waals surface area (Å²) in [5.74, 6) is 0. The van der Waals surface area contributed by atoms with Crippen LogP contribution in [0.15, 0.2) is 188 Å². The fourth-order valence-corrected chi connectivity index (χ4v) is 8.17. The molecule has 0 radical (unpaired) electrons. The molecule has 0 atom stereocenters. The van der Waals surface area contributed by atoms with Crippen molar-refractivity contribution in [3.63, 3.8) is 0 Å². The van der Waals surface area contributed by atoms with E-state index in [0.29, 0.717) is 0 Å². The molecular weight excluding hydrogens is 617 g/mol. The molecule has 2 heteroatoms. The Kier molecular flexibility index (Phi) is 6.75. The van der Waals surface area contributed by atoms with Gasteiger partial charge in [0.05, 0.1) is 5.69 Å². The van der Waals surface area contributed by atoms with Gasteiger partial charge in [-0.1, -0.05) is 140 Å². The molecule has 0 aliphatic carbocycles. The number of rotatable bonds is 6. The lowest BCUT2D eigenvalue weighted by Gasteiger charge is -2.28. The van der Waals surface area contributed by atoms with Crippen LogP contribution in [0.5, 0.6) is 0 Å². The SMILES string of the molecule is CN(c1ccc(N(c2cccc(-c3ccccc3)c2)c2cccc3ccccc23)cc1)c1ccc2c3cccc4cccc(c5cccc1c52)c43. The molecule has 0 N–H and O–H groups in total. The van der Waals surface area contributed by atoms with E-state index in [-0.39, 0.29) is 0 Å². The average Bonchev–Trinajstić information content (AvgIpc) is 3.20. The van der Waals surface area contributed by atoms with E-state index >= 15 is 0 Å². The summed E-state index contributed by atoms with van der Waals surface area (Å²) in [4.78, 5) is 4.71. The first kappa shape index (κ1) is 29.3. The molecule has 0 amide bonds. The van der Waals surface area contributed by atoms with Gasteiger partial charge in [-0.3, -0.25) is 0 Å². The lowest BCUT2D eigenvalue weighted by atomic mass is 9.89. The van der Waals surface area contributed by atoms with Gasteiger partial charge in [0.2, 0.25) is 0 Å². The van der Waals surface area contributed by atoms with Crippen molar-refractivity contribution in [1.29, 1.82) is 0 Å². The molecule has 0 heterocycles. The highest BCUT2D eigenvalue weighted by atomic mass is 15.1. The zero-order valence-electron chi connectivity index (χ0n) is 28.3. The maximum atomic E-state index is 2.39. The van der Waals surface area contributed by atoms with E-state index in [4.69, 9.17) is 0 Å². The Morgan fingerprint density at radius 1 is 0.314 bits per heavy atom. The van der Waals surface area contributed by atoms with Gasteiger partial charge < -0.3 is 9.80 Å². The molecule has 0 aliphatic heterocycles. The molecule has 0 fully saturated rings. The molecule has 0 aliphatic rings. The predicted octanol–water partition coefficient (Wildman–Crippen LogP) is 13.8. The molecular formula is C49H34N2. The second kappa shape index (κ2) is 11.8. The summed E-state index contributed by atoms with van der Waals surface area (Å²) in [6, 6.07) is 68.4. The summed E-state index contributed by atoms with van der Waals surface area (Å²) in [7, 11) is 2.18. The molecule has 2 nitrogen and oxygen atoms in total. The van der Waals surface area contributed by atoms with Crippen molar-refractivity contribution in [2.75, 3.05) is 16.8 Å². The zero-order chi connectivity index (χ0) is 33.9. The molecule has 10 aromatic carbocycles. The van der Waals surface area contributed by atoms with E-state index in [9.17, 15) is 0 Å². The smallest absolute Gasteiger partial charge is 0.0540 e. The van der Waals surface area contributed by atoms with Gasteiger partial charge in [0.25, 0.3) is 0 Å². The molecule has 0 saturated heterocycles. The van der Waals surface area contributed by atoms with Crippen LogP contribution in [-0.4, -0.2) is 7.05 Å². The van der Waals surface area contributed by atoms with E-state index in [1.165, 1.54) is 70.7 Å². The number of anilines is 5. The first-order valence-electron chi connectivity index (χ1n) is 17.6. The third-order valence-corrected chi connectivity index (χ3v) is 10.6. The first-order chi connectivity index (χ1) is 25.2. The number of benzene rings is 10. The Balaban J connectivity index is 1.10. The van der Waals surface area contributed by atoms with Crippen LogP contribution in [0, 0.1) is 0 Å². The first-order valence-corrected chi connectivity index (χ1v) is 17.6. The number of fused-ring (bicyclic) bond motifs is 3. The number of nitrogens with zero attached hydrogens (tertiary/aromatic N) is 2. The monoisotopic (exact) mass is 650 g/mol. The molecule has 0 spiro atoms. The summed E-state index contributed by atoms with van der Waals surface area (Å²) < 4.78 is 0. The van der Waals surface area contributed by atoms with Crippen molar-refractivity contribution in [1.82, 2.24) is 0 Å². The van der Waals surface area contributed by atoms with Gasteiger partial charge in [0, 0.05) is 40.6 Å². The van der Waals surface area contributed by atoms with Crippen molar-refractivity contribution in [3.8, 4) is 11.1 Å². The van der Waals surface area contributed by atoms with Gasteiger partial charge in [-0.25, -0.2) is 0 Å². The third kappa shape index (κ3) is 4.72. The van der Waals surface area contributed by atoms with Crippen molar-refractivity contribution < 1.29 is 0 Å². The van der Waals surface area contributed by atoms with Crippen LogP contribution in [0.4, 0.5) is 28.4 Å². The van der Waals surface area contributed by atoms with E-state index < -0.39 is 0 Å². The molecule has 240 valence electrons. The molecule has 0 bridgehead atoms. The summed E-state index contributed by atoms with van der Waals surface area (Å²) in [6.07, 6.45) is 0. The van der Waals surface area contributed by atoms with Gasteiger partial charge in [0.1, 0.15) is 0 Å². The summed E-state index contributed by atoms with van der Waals surface area (Å²) >= 11 is 0. The minimum absolute atomic E-state index is 1.11. The van der Waals surface area contributed by atoms with Crippen LogP contribution >= 0.6 is 0 Å². The van der Waals surface area contributed by atoms with Crippen LogP contribution in [0.3, 0.4) is 0 Å².